The van der Waals surface area contributed by atoms with Crippen LogP contribution in [0.15, 0.2) is 0 Å². The van der Waals surface area contributed by atoms with Gasteiger partial charge in [-0.05, 0) is 6.42 Å². The van der Waals surface area contributed by atoms with E-state index in [1.165, 1.54) is 32.1 Å². The van der Waals surface area contributed by atoms with Gasteiger partial charge in [-0.3, -0.25) is 15.6 Å². The number of hydrogen-bond donors (Lipinski definition) is 4. The van der Waals surface area contributed by atoms with Gasteiger partial charge in [0.15, 0.2) is 0 Å². The zero-order valence-corrected chi connectivity index (χ0v) is 13.0. The van der Waals surface area contributed by atoms with E-state index < -0.39 is 5.95 Å². The summed E-state index contributed by atoms with van der Waals surface area (Å²) in [7, 11) is 0. The van der Waals surface area contributed by atoms with Gasteiger partial charge in [-0.25, -0.2) is 5.06 Å². The normalized spacial score (nSPS) is 10.7. The number of hydrogen-bond acceptors (Lipinski definition) is 9. The van der Waals surface area contributed by atoms with Crippen LogP contribution < -0.4 is 16.0 Å². The van der Waals surface area contributed by atoms with E-state index in [9.17, 15) is 5.21 Å². The predicted octanol–water partition coefficient (Wildman–Crippen LogP) is 2.37. The summed E-state index contributed by atoms with van der Waals surface area (Å²) < 4.78 is 0. The molecule has 0 aliphatic carbocycles. The molecule has 0 radical (unpaired) electrons. The Morgan fingerprint density at radius 2 is 1.36 bits per heavy atom. The third-order valence-corrected chi connectivity index (χ3v) is 3.26. The monoisotopic (exact) mass is 314 g/mol. The largest absolute Gasteiger partial charge is 0.368 e. The van der Waals surface area contributed by atoms with Crippen molar-refractivity contribution in [3.63, 3.8) is 0 Å². The number of rotatable bonds is 11. The Bertz CT molecular complexity index is 432. The van der Waals surface area contributed by atoms with Gasteiger partial charge in [0, 0.05) is 6.54 Å². The standard InChI is InChI=1S/C13H26N6O3/c1-2-3-4-5-6-7-8-9-10-18(20)12-15-11(14)16-13(17-12)19(21)22/h20-22H,2-10H2,1H3,(H2,14,15,16,17). The molecule has 0 aliphatic heterocycles. The number of nitrogens with two attached hydrogens (primary N) is 1. The maximum absolute atomic E-state index is 9.87. The van der Waals surface area contributed by atoms with E-state index >= 15 is 0 Å². The van der Waals surface area contributed by atoms with Crippen LogP contribution in [0, 0.1) is 0 Å². The van der Waals surface area contributed by atoms with E-state index in [1.807, 2.05) is 0 Å². The van der Waals surface area contributed by atoms with Crippen molar-refractivity contribution in [2.75, 3.05) is 22.6 Å². The molecule has 0 amide bonds. The molecular formula is C13H26N6O3. The molecule has 1 aromatic heterocycles. The number of anilines is 3. The van der Waals surface area contributed by atoms with Gasteiger partial charge in [-0.15, -0.1) is 0 Å². The van der Waals surface area contributed by atoms with E-state index in [4.69, 9.17) is 16.1 Å². The van der Waals surface area contributed by atoms with Crippen LogP contribution in [0.25, 0.3) is 0 Å². The number of aromatic nitrogens is 3. The average molecular weight is 314 g/mol. The fourth-order valence-electron chi connectivity index (χ4n) is 2.07. The van der Waals surface area contributed by atoms with Gasteiger partial charge in [-0.2, -0.15) is 15.0 Å². The minimum absolute atomic E-state index is 0.112. The van der Waals surface area contributed by atoms with E-state index in [0.29, 0.717) is 6.54 Å². The fourth-order valence-corrected chi connectivity index (χ4v) is 2.07. The molecule has 0 aliphatic rings. The van der Waals surface area contributed by atoms with Crippen molar-refractivity contribution in [3.8, 4) is 0 Å². The Kier molecular flexibility index (Phi) is 8.41. The maximum atomic E-state index is 9.87. The predicted molar refractivity (Wildman–Crippen MR) is 82.0 cm³/mol. The second kappa shape index (κ2) is 10.1. The van der Waals surface area contributed by atoms with Crippen LogP contribution >= 0.6 is 0 Å². The zero-order chi connectivity index (χ0) is 16.4. The Balaban J connectivity index is 2.29. The summed E-state index contributed by atoms with van der Waals surface area (Å²) in [6.45, 7) is 2.54. The first-order valence-electron chi connectivity index (χ1n) is 7.70. The highest BCUT2D eigenvalue weighted by atomic mass is 16.8. The Labute approximate surface area is 130 Å². The van der Waals surface area contributed by atoms with Crippen molar-refractivity contribution in [1.82, 2.24) is 15.0 Å². The second-order valence-electron chi connectivity index (χ2n) is 5.18. The molecule has 0 aromatic carbocycles. The average Bonchev–Trinajstić information content (AvgIpc) is 2.49. The summed E-state index contributed by atoms with van der Waals surface area (Å²) >= 11 is 0. The first-order valence-corrected chi connectivity index (χ1v) is 7.70. The number of hydroxylamine groups is 1. The molecule has 1 heterocycles. The Morgan fingerprint density at radius 3 is 1.95 bits per heavy atom. The smallest absolute Gasteiger partial charge is 0.284 e. The van der Waals surface area contributed by atoms with E-state index in [2.05, 4.69) is 21.9 Å². The fraction of sp³-hybridized carbons (Fsp3) is 0.769. The summed E-state index contributed by atoms with van der Waals surface area (Å²) in [6.07, 6.45) is 9.20. The molecule has 0 spiro atoms. The van der Waals surface area contributed by atoms with Gasteiger partial charge in [-0.1, -0.05) is 57.1 Å². The molecule has 0 atom stereocenters. The van der Waals surface area contributed by atoms with E-state index in [0.717, 1.165) is 24.3 Å². The minimum atomic E-state index is -0.447. The molecule has 9 nitrogen and oxygen atoms in total. The molecule has 22 heavy (non-hydrogen) atoms. The van der Waals surface area contributed by atoms with Crippen LogP contribution in [0.2, 0.25) is 0 Å². The lowest BCUT2D eigenvalue weighted by Crippen LogP contribution is -2.25. The highest BCUT2D eigenvalue weighted by Gasteiger charge is 2.13. The van der Waals surface area contributed by atoms with Gasteiger partial charge in [0.25, 0.3) is 11.9 Å². The molecule has 0 saturated heterocycles. The highest BCUT2D eigenvalue weighted by molar-refractivity contribution is 5.38. The molecule has 1 aromatic rings. The molecule has 0 unspecified atom stereocenters. The molecule has 5 N–H and O–H groups in total. The molecule has 0 saturated carbocycles. The SMILES string of the molecule is CCCCCCCCCCN(O)c1nc(N)nc(N(O)O)n1. The van der Waals surface area contributed by atoms with Crippen LogP contribution in [-0.4, -0.2) is 37.1 Å². The highest BCUT2D eigenvalue weighted by Crippen LogP contribution is 2.13. The first-order chi connectivity index (χ1) is 10.5. The Morgan fingerprint density at radius 1 is 0.818 bits per heavy atom. The zero-order valence-electron chi connectivity index (χ0n) is 13.0. The summed E-state index contributed by atoms with van der Waals surface area (Å²) in [5.41, 5.74) is 5.42. The Hall–Kier alpha value is -1.71. The van der Waals surface area contributed by atoms with Crippen molar-refractivity contribution < 1.29 is 15.6 Å². The third kappa shape index (κ3) is 6.83. The summed E-state index contributed by atoms with van der Waals surface area (Å²) in [6, 6.07) is 0. The lowest BCUT2D eigenvalue weighted by molar-refractivity contribution is 0.0241. The number of nitrogen functional groups attached to an aromatic ring is 1. The molecular weight excluding hydrogens is 288 g/mol. The number of nitrogens with zero attached hydrogens (tertiary/aromatic N) is 5. The molecule has 1 rings (SSSR count). The van der Waals surface area contributed by atoms with Crippen molar-refractivity contribution in [1.29, 1.82) is 0 Å². The molecule has 126 valence electrons. The molecule has 9 heteroatoms. The van der Waals surface area contributed by atoms with Crippen molar-refractivity contribution in [2.45, 2.75) is 58.3 Å². The van der Waals surface area contributed by atoms with Crippen LogP contribution in [0.5, 0.6) is 0 Å². The maximum Gasteiger partial charge on any atom is 0.284 e. The van der Waals surface area contributed by atoms with Crippen molar-refractivity contribution in [3.05, 3.63) is 0 Å². The quantitative estimate of drug-likeness (QED) is 0.359. The van der Waals surface area contributed by atoms with Crippen LogP contribution in [0.3, 0.4) is 0 Å². The third-order valence-electron chi connectivity index (χ3n) is 3.26. The summed E-state index contributed by atoms with van der Waals surface area (Å²) in [4.78, 5) is 10.9. The summed E-state index contributed by atoms with van der Waals surface area (Å²) in [5, 5.41) is 28.2. The molecule has 0 bridgehead atoms. The van der Waals surface area contributed by atoms with Gasteiger partial charge in [0.05, 0.1) is 0 Å². The lowest BCUT2D eigenvalue weighted by atomic mass is 10.1. The van der Waals surface area contributed by atoms with Crippen molar-refractivity contribution in [2.24, 2.45) is 0 Å². The van der Waals surface area contributed by atoms with Crippen LogP contribution in [0.1, 0.15) is 58.3 Å². The van der Waals surface area contributed by atoms with Gasteiger partial charge in [0.2, 0.25) is 5.95 Å². The van der Waals surface area contributed by atoms with E-state index in [1.54, 1.807) is 0 Å². The van der Waals surface area contributed by atoms with E-state index in [-0.39, 0.29) is 17.1 Å². The number of unbranched alkanes of at least 4 members (excludes halogenated alkanes) is 7. The molecule has 0 fully saturated rings. The van der Waals surface area contributed by atoms with Crippen LogP contribution in [0.4, 0.5) is 17.8 Å². The lowest BCUT2D eigenvalue weighted by Gasteiger charge is -2.16. The van der Waals surface area contributed by atoms with Crippen molar-refractivity contribution >= 4 is 17.8 Å². The van der Waals surface area contributed by atoms with Gasteiger partial charge >= 0.3 is 0 Å². The topological polar surface area (TPSA) is 132 Å². The summed E-state index contributed by atoms with van der Waals surface area (Å²) in [5.74, 6) is -0.765. The second-order valence-corrected chi connectivity index (χ2v) is 5.18. The van der Waals surface area contributed by atoms with Gasteiger partial charge in [0.1, 0.15) is 0 Å². The van der Waals surface area contributed by atoms with Gasteiger partial charge < -0.3 is 5.73 Å². The minimum Gasteiger partial charge on any atom is -0.368 e. The first kappa shape index (κ1) is 18.3. The van der Waals surface area contributed by atoms with Crippen LogP contribution in [-0.2, 0) is 0 Å².